The minimum absolute atomic E-state index is 0.232. The fourth-order valence-electron chi connectivity index (χ4n) is 4.40. The number of anilines is 1. The van der Waals surface area contributed by atoms with Crippen molar-refractivity contribution in [2.24, 2.45) is 10.7 Å². The van der Waals surface area contributed by atoms with Crippen LogP contribution in [0.15, 0.2) is 29.3 Å². The SMILES string of the molecule is CC(=O)N=C(N)c1cc2cc(C)ccc2nc1N1CCC(NC2CCOCC2)CC1. The second kappa shape index (κ2) is 9.10. The third kappa shape index (κ3) is 4.79. The smallest absolute Gasteiger partial charge is 0.244 e. The lowest BCUT2D eigenvalue weighted by atomic mass is 10.0. The Balaban J connectivity index is 1.56. The molecule has 0 unspecified atom stereocenters. The first kappa shape index (κ1) is 20.8. The average Bonchev–Trinajstić information content (AvgIpc) is 2.73. The Labute approximate surface area is 177 Å². The summed E-state index contributed by atoms with van der Waals surface area (Å²) in [5.41, 5.74) is 9.04. The highest BCUT2D eigenvalue weighted by Crippen LogP contribution is 2.27. The van der Waals surface area contributed by atoms with Crippen LogP contribution in [0.2, 0.25) is 0 Å². The highest BCUT2D eigenvalue weighted by atomic mass is 16.5. The van der Waals surface area contributed by atoms with Crippen LogP contribution in [0.3, 0.4) is 0 Å². The van der Waals surface area contributed by atoms with Crippen molar-refractivity contribution >= 4 is 28.5 Å². The number of nitrogens with zero attached hydrogens (tertiary/aromatic N) is 3. The number of fused-ring (bicyclic) bond motifs is 1. The summed E-state index contributed by atoms with van der Waals surface area (Å²) in [5, 5.41) is 4.82. The van der Waals surface area contributed by atoms with E-state index in [2.05, 4.69) is 34.3 Å². The van der Waals surface area contributed by atoms with Gasteiger partial charge in [-0.3, -0.25) is 4.79 Å². The van der Waals surface area contributed by atoms with Gasteiger partial charge < -0.3 is 20.7 Å². The van der Waals surface area contributed by atoms with Gasteiger partial charge in [0.2, 0.25) is 5.91 Å². The van der Waals surface area contributed by atoms with E-state index < -0.39 is 0 Å². The van der Waals surface area contributed by atoms with Crippen LogP contribution >= 0.6 is 0 Å². The zero-order valence-electron chi connectivity index (χ0n) is 17.9. The molecule has 2 aliphatic heterocycles. The summed E-state index contributed by atoms with van der Waals surface area (Å²) in [5.74, 6) is 0.747. The molecule has 4 rings (SSSR count). The van der Waals surface area contributed by atoms with E-state index in [0.717, 1.165) is 79.8 Å². The van der Waals surface area contributed by atoms with Crippen LogP contribution in [0.4, 0.5) is 5.82 Å². The average molecular weight is 410 g/mol. The van der Waals surface area contributed by atoms with Gasteiger partial charge in [0.1, 0.15) is 11.7 Å². The summed E-state index contributed by atoms with van der Waals surface area (Å²) >= 11 is 0. The lowest BCUT2D eigenvalue weighted by molar-refractivity contribution is -0.115. The van der Waals surface area contributed by atoms with E-state index in [1.165, 1.54) is 6.92 Å². The van der Waals surface area contributed by atoms with E-state index >= 15 is 0 Å². The van der Waals surface area contributed by atoms with Crippen LogP contribution < -0.4 is 16.0 Å². The molecule has 7 heteroatoms. The molecule has 0 radical (unpaired) electrons. The number of nitrogens with two attached hydrogens (primary N) is 1. The first-order valence-electron chi connectivity index (χ1n) is 10.8. The number of rotatable bonds is 4. The zero-order valence-corrected chi connectivity index (χ0v) is 17.9. The zero-order chi connectivity index (χ0) is 21.1. The van der Waals surface area contributed by atoms with Gasteiger partial charge in [0, 0.05) is 50.7 Å². The molecule has 0 spiro atoms. The van der Waals surface area contributed by atoms with Crippen molar-refractivity contribution in [2.45, 2.75) is 51.6 Å². The van der Waals surface area contributed by atoms with Gasteiger partial charge in [-0.1, -0.05) is 11.6 Å². The minimum atomic E-state index is -0.304. The van der Waals surface area contributed by atoms with Crippen LogP contribution in [0.25, 0.3) is 10.9 Å². The topological polar surface area (TPSA) is 92.8 Å². The van der Waals surface area contributed by atoms with Crippen LogP contribution in [-0.4, -0.2) is 55.1 Å². The highest BCUT2D eigenvalue weighted by molar-refractivity contribution is 6.08. The Morgan fingerprint density at radius 3 is 2.57 bits per heavy atom. The number of hydrogen-bond acceptors (Lipinski definition) is 5. The Morgan fingerprint density at radius 1 is 1.17 bits per heavy atom. The Hall–Kier alpha value is -2.51. The molecule has 7 nitrogen and oxygen atoms in total. The molecule has 30 heavy (non-hydrogen) atoms. The molecule has 0 aliphatic carbocycles. The molecule has 1 aromatic carbocycles. The Bertz CT molecular complexity index is 944. The van der Waals surface area contributed by atoms with E-state index in [4.69, 9.17) is 15.5 Å². The predicted octanol–water partition coefficient (Wildman–Crippen LogP) is 2.53. The number of piperidine rings is 1. The lowest BCUT2D eigenvalue weighted by Gasteiger charge is -2.36. The number of benzene rings is 1. The third-order valence-electron chi connectivity index (χ3n) is 5.99. The predicted molar refractivity (Wildman–Crippen MR) is 120 cm³/mol. The summed E-state index contributed by atoms with van der Waals surface area (Å²) in [7, 11) is 0. The minimum Gasteiger partial charge on any atom is -0.383 e. The number of hydrogen-bond donors (Lipinski definition) is 2. The van der Waals surface area contributed by atoms with Crippen LogP contribution in [-0.2, 0) is 9.53 Å². The number of aryl methyl sites for hydroxylation is 1. The summed E-state index contributed by atoms with van der Waals surface area (Å²) in [6.07, 6.45) is 4.28. The number of nitrogens with one attached hydrogen (secondary N) is 1. The van der Waals surface area contributed by atoms with E-state index in [1.807, 2.05) is 12.1 Å². The fourth-order valence-corrected chi connectivity index (χ4v) is 4.40. The van der Waals surface area contributed by atoms with Crippen LogP contribution in [0, 0.1) is 6.92 Å². The molecule has 0 bridgehead atoms. The van der Waals surface area contributed by atoms with Gasteiger partial charge in [-0.2, -0.15) is 4.99 Å². The van der Waals surface area contributed by atoms with E-state index in [1.54, 1.807) is 0 Å². The number of carbonyl (C=O) groups excluding carboxylic acids is 1. The van der Waals surface area contributed by atoms with Crippen LogP contribution in [0.5, 0.6) is 0 Å². The normalized spacial score (nSPS) is 19.4. The molecule has 3 N–H and O–H groups in total. The Kier molecular flexibility index (Phi) is 6.29. The molecule has 2 fully saturated rings. The van der Waals surface area contributed by atoms with Crippen molar-refractivity contribution in [2.75, 3.05) is 31.2 Å². The third-order valence-corrected chi connectivity index (χ3v) is 5.99. The molecule has 0 saturated carbocycles. The lowest BCUT2D eigenvalue weighted by Crippen LogP contribution is -2.48. The molecule has 2 aliphatic rings. The van der Waals surface area contributed by atoms with Gasteiger partial charge in [-0.25, -0.2) is 4.98 Å². The highest BCUT2D eigenvalue weighted by Gasteiger charge is 2.26. The molecule has 1 aromatic heterocycles. The summed E-state index contributed by atoms with van der Waals surface area (Å²) in [4.78, 5) is 22.7. The van der Waals surface area contributed by atoms with E-state index in [9.17, 15) is 4.79 Å². The molecular weight excluding hydrogens is 378 g/mol. The number of pyridine rings is 1. The number of ether oxygens (including phenoxy) is 1. The maximum atomic E-state index is 11.5. The molecule has 3 heterocycles. The van der Waals surface area contributed by atoms with Gasteiger partial charge in [-0.15, -0.1) is 0 Å². The number of amides is 1. The first-order chi connectivity index (χ1) is 14.5. The van der Waals surface area contributed by atoms with Gasteiger partial charge in [0.05, 0.1) is 11.1 Å². The Morgan fingerprint density at radius 2 is 1.87 bits per heavy atom. The largest absolute Gasteiger partial charge is 0.383 e. The first-order valence-corrected chi connectivity index (χ1v) is 10.8. The molecule has 2 saturated heterocycles. The standard InChI is InChI=1S/C23H31N5O2/c1-15-3-4-21-17(13-15)14-20(22(24)25-16(2)29)23(27-21)28-9-5-18(6-10-28)26-19-7-11-30-12-8-19/h3-4,13-14,18-19,26H,5-12H2,1-2H3,(H2,24,25,29). The van der Waals surface area contributed by atoms with Crippen molar-refractivity contribution in [3.63, 3.8) is 0 Å². The number of amidine groups is 1. The quantitative estimate of drug-likeness (QED) is 0.595. The number of aliphatic imine (C=N–C) groups is 1. The van der Waals surface area contributed by atoms with Crippen molar-refractivity contribution in [3.8, 4) is 0 Å². The molecule has 160 valence electrons. The second-order valence-corrected chi connectivity index (χ2v) is 8.39. The monoisotopic (exact) mass is 409 g/mol. The molecular formula is C23H31N5O2. The van der Waals surface area contributed by atoms with Gasteiger partial charge in [-0.05, 0) is 50.8 Å². The van der Waals surface area contributed by atoms with Crippen molar-refractivity contribution in [1.82, 2.24) is 10.3 Å². The van der Waals surface area contributed by atoms with Gasteiger partial charge in [0.25, 0.3) is 0 Å². The molecule has 2 aromatic rings. The van der Waals surface area contributed by atoms with Gasteiger partial charge >= 0.3 is 0 Å². The number of carbonyl (C=O) groups is 1. The van der Waals surface area contributed by atoms with Gasteiger partial charge in [0.15, 0.2) is 0 Å². The summed E-state index contributed by atoms with van der Waals surface area (Å²) < 4.78 is 5.47. The van der Waals surface area contributed by atoms with Crippen molar-refractivity contribution < 1.29 is 9.53 Å². The second-order valence-electron chi connectivity index (χ2n) is 8.39. The molecule has 1 amide bonds. The fraction of sp³-hybridized carbons (Fsp3) is 0.522. The summed E-state index contributed by atoms with van der Waals surface area (Å²) in [6, 6.07) is 9.27. The van der Waals surface area contributed by atoms with Crippen LogP contribution in [0.1, 0.15) is 43.7 Å². The van der Waals surface area contributed by atoms with E-state index in [-0.39, 0.29) is 11.7 Å². The number of aromatic nitrogens is 1. The molecule has 0 atom stereocenters. The maximum Gasteiger partial charge on any atom is 0.244 e. The maximum absolute atomic E-state index is 11.5. The van der Waals surface area contributed by atoms with E-state index in [0.29, 0.717) is 12.1 Å². The summed E-state index contributed by atoms with van der Waals surface area (Å²) in [6.45, 7) is 6.97. The van der Waals surface area contributed by atoms with Crippen molar-refractivity contribution in [3.05, 3.63) is 35.4 Å². The van der Waals surface area contributed by atoms with Crippen molar-refractivity contribution in [1.29, 1.82) is 0 Å².